The average molecular weight is 372 g/mol. The lowest BCUT2D eigenvalue weighted by Gasteiger charge is -2.16. The van der Waals surface area contributed by atoms with Crippen LogP contribution in [0.2, 0.25) is 0 Å². The number of aryl methyl sites for hydroxylation is 2. The molecule has 0 aliphatic heterocycles. The fourth-order valence-electron chi connectivity index (χ4n) is 2.95. The van der Waals surface area contributed by atoms with E-state index in [1.807, 2.05) is 30.3 Å². The molecule has 136 valence electrons. The summed E-state index contributed by atoms with van der Waals surface area (Å²) in [7, 11) is -3.96. The summed E-state index contributed by atoms with van der Waals surface area (Å²) >= 11 is 0. The first-order valence-electron chi connectivity index (χ1n) is 8.15. The number of benzene rings is 2. The minimum Gasteiger partial charge on any atom is -0.480 e. The Hall–Kier alpha value is -2.64. The van der Waals surface area contributed by atoms with Gasteiger partial charge in [-0.1, -0.05) is 30.3 Å². The number of sulfonamides is 1. The Morgan fingerprint density at radius 2 is 1.92 bits per heavy atom. The topological polar surface area (TPSA) is 99.3 Å². The molecule has 0 fully saturated rings. The highest BCUT2D eigenvalue weighted by Gasteiger charge is 2.27. The van der Waals surface area contributed by atoms with Gasteiger partial charge < -0.3 is 10.1 Å². The van der Waals surface area contributed by atoms with E-state index in [9.17, 15) is 18.3 Å². The third-order valence-corrected chi connectivity index (χ3v) is 5.94. The van der Waals surface area contributed by atoms with Gasteiger partial charge in [-0.15, -0.1) is 0 Å². The maximum atomic E-state index is 12.7. The molecule has 1 atom stereocenters. The molecule has 6 nitrogen and oxygen atoms in total. The fraction of sp³-hybridized carbons (Fsp3) is 0.211. The normalized spacial score (nSPS) is 13.0. The van der Waals surface area contributed by atoms with E-state index in [2.05, 4.69) is 9.71 Å². The van der Waals surface area contributed by atoms with Crippen molar-refractivity contribution in [3.63, 3.8) is 0 Å². The zero-order chi connectivity index (χ0) is 18.9. The number of carboxylic acid groups (broad SMARTS) is 1. The number of carbonyl (C=O) groups is 1. The van der Waals surface area contributed by atoms with Gasteiger partial charge in [0.05, 0.1) is 4.90 Å². The number of aliphatic carboxylic acids is 1. The maximum absolute atomic E-state index is 12.7. The van der Waals surface area contributed by atoms with Crippen LogP contribution in [0.4, 0.5) is 0 Å². The molecule has 3 N–H and O–H groups in total. The molecule has 3 rings (SSSR count). The molecule has 1 heterocycles. The summed E-state index contributed by atoms with van der Waals surface area (Å²) in [6, 6.07) is 11.3. The molecule has 0 radical (unpaired) electrons. The summed E-state index contributed by atoms with van der Waals surface area (Å²) in [6.45, 7) is 3.47. The van der Waals surface area contributed by atoms with Crippen molar-refractivity contribution in [2.75, 3.05) is 0 Å². The monoisotopic (exact) mass is 372 g/mol. The fourth-order valence-corrected chi connectivity index (χ4v) is 4.47. The lowest BCUT2D eigenvalue weighted by molar-refractivity contribution is -0.138. The molecule has 0 saturated carbocycles. The number of nitrogens with one attached hydrogen (secondary N) is 2. The van der Waals surface area contributed by atoms with Crippen molar-refractivity contribution in [1.82, 2.24) is 9.71 Å². The van der Waals surface area contributed by atoms with Crippen molar-refractivity contribution in [3.05, 3.63) is 65.4 Å². The molecule has 0 saturated heterocycles. The van der Waals surface area contributed by atoms with Crippen LogP contribution in [0.1, 0.15) is 16.7 Å². The van der Waals surface area contributed by atoms with Gasteiger partial charge in [0.1, 0.15) is 6.04 Å². The Morgan fingerprint density at radius 1 is 1.19 bits per heavy atom. The number of rotatable bonds is 6. The number of hydrogen-bond acceptors (Lipinski definition) is 3. The molecule has 0 bridgehead atoms. The van der Waals surface area contributed by atoms with E-state index < -0.39 is 22.0 Å². The molecule has 0 unspecified atom stereocenters. The Morgan fingerprint density at radius 3 is 2.65 bits per heavy atom. The van der Waals surface area contributed by atoms with Crippen LogP contribution >= 0.6 is 0 Å². The molecule has 0 amide bonds. The highest BCUT2D eigenvalue weighted by molar-refractivity contribution is 7.89. The number of aromatic amines is 1. The number of para-hydroxylation sites is 1. The van der Waals surface area contributed by atoms with E-state index in [1.54, 1.807) is 32.2 Å². The van der Waals surface area contributed by atoms with Crippen molar-refractivity contribution < 1.29 is 18.3 Å². The van der Waals surface area contributed by atoms with E-state index in [0.717, 1.165) is 22.0 Å². The molecular weight excluding hydrogens is 352 g/mol. The summed E-state index contributed by atoms with van der Waals surface area (Å²) in [5.41, 5.74) is 2.99. The van der Waals surface area contributed by atoms with Gasteiger partial charge in [0.25, 0.3) is 0 Å². The number of fused-ring (bicyclic) bond motifs is 1. The van der Waals surface area contributed by atoms with E-state index >= 15 is 0 Å². The zero-order valence-electron chi connectivity index (χ0n) is 14.5. The van der Waals surface area contributed by atoms with Crippen LogP contribution in [0.15, 0.2) is 53.6 Å². The molecule has 7 heteroatoms. The number of aromatic nitrogens is 1. The van der Waals surface area contributed by atoms with E-state index in [-0.39, 0.29) is 11.3 Å². The van der Waals surface area contributed by atoms with Gasteiger partial charge in [-0.2, -0.15) is 4.72 Å². The minimum atomic E-state index is -3.96. The second kappa shape index (κ2) is 6.93. The van der Waals surface area contributed by atoms with Gasteiger partial charge in [-0.05, 0) is 42.7 Å². The number of hydrogen-bond donors (Lipinski definition) is 3. The Balaban J connectivity index is 1.91. The Kier molecular flexibility index (Phi) is 4.84. The standard InChI is InChI=1S/C19H20N2O4S/c1-12-7-8-13(2)18(9-12)26(24,25)21-17(19(22)23)10-14-11-20-16-6-4-3-5-15(14)16/h3-9,11,17,20-21H,10H2,1-2H3,(H,22,23)/t17-/m0/s1. The first-order valence-corrected chi connectivity index (χ1v) is 9.63. The van der Waals surface area contributed by atoms with Crippen molar-refractivity contribution in [3.8, 4) is 0 Å². The number of carboxylic acids is 1. The van der Waals surface area contributed by atoms with E-state index in [1.165, 1.54) is 0 Å². The van der Waals surface area contributed by atoms with Crippen molar-refractivity contribution in [2.45, 2.75) is 31.2 Å². The van der Waals surface area contributed by atoms with Gasteiger partial charge in [0, 0.05) is 23.5 Å². The van der Waals surface area contributed by atoms with Crippen LogP contribution in [-0.4, -0.2) is 30.5 Å². The quantitative estimate of drug-likeness (QED) is 0.619. The second-order valence-corrected chi connectivity index (χ2v) is 8.03. The van der Waals surface area contributed by atoms with Gasteiger partial charge in [0.2, 0.25) is 10.0 Å². The van der Waals surface area contributed by atoms with Crippen LogP contribution in [-0.2, 0) is 21.2 Å². The van der Waals surface area contributed by atoms with Crippen LogP contribution in [0, 0.1) is 13.8 Å². The third-order valence-electron chi connectivity index (χ3n) is 4.33. The zero-order valence-corrected chi connectivity index (χ0v) is 15.3. The molecule has 2 aromatic carbocycles. The second-order valence-electron chi connectivity index (χ2n) is 6.34. The Labute approximate surface area is 151 Å². The molecule has 1 aromatic heterocycles. The lowest BCUT2D eigenvalue weighted by Crippen LogP contribution is -2.42. The predicted octanol–water partition coefficient (Wildman–Crippen LogP) is 2.76. The highest BCUT2D eigenvalue weighted by atomic mass is 32.2. The SMILES string of the molecule is Cc1ccc(C)c(S(=O)(=O)N[C@@H](Cc2c[nH]c3ccccc23)C(=O)O)c1. The maximum Gasteiger partial charge on any atom is 0.322 e. The predicted molar refractivity (Wildman–Crippen MR) is 99.7 cm³/mol. The molecule has 26 heavy (non-hydrogen) atoms. The summed E-state index contributed by atoms with van der Waals surface area (Å²) in [6.07, 6.45) is 1.76. The number of H-pyrrole nitrogens is 1. The van der Waals surface area contributed by atoms with Gasteiger partial charge >= 0.3 is 5.97 Å². The first kappa shape index (κ1) is 18.2. The summed E-state index contributed by atoms with van der Waals surface area (Å²) in [5, 5.41) is 10.4. The first-order chi connectivity index (χ1) is 12.3. The van der Waals surface area contributed by atoms with Gasteiger partial charge in [0.15, 0.2) is 0 Å². The molecule has 3 aromatic rings. The van der Waals surface area contributed by atoms with Gasteiger partial charge in [-0.25, -0.2) is 8.42 Å². The summed E-state index contributed by atoms with van der Waals surface area (Å²) in [4.78, 5) is 14.9. The lowest BCUT2D eigenvalue weighted by atomic mass is 10.1. The molecule has 0 aliphatic rings. The van der Waals surface area contributed by atoms with Crippen LogP contribution in [0.3, 0.4) is 0 Å². The van der Waals surface area contributed by atoms with Crippen molar-refractivity contribution in [2.24, 2.45) is 0 Å². The highest BCUT2D eigenvalue weighted by Crippen LogP contribution is 2.21. The van der Waals surface area contributed by atoms with Crippen LogP contribution in [0.5, 0.6) is 0 Å². The van der Waals surface area contributed by atoms with Crippen LogP contribution < -0.4 is 4.72 Å². The molecule has 0 aliphatic carbocycles. The largest absolute Gasteiger partial charge is 0.480 e. The van der Waals surface area contributed by atoms with E-state index in [0.29, 0.717) is 5.56 Å². The smallest absolute Gasteiger partial charge is 0.322 e. The third kappa shape index (κ3) is 3.63. The summed E-state index contributed by atoms with van der Waals surface area (Å²) < 4.78 is 27.8. The Bertz CT molecular complexity index is 1070. The van der Waals surface area contributed by atoms with Gasteiger partial charge in [-0.3, -0.25) is 4.79 Å². The molecular formula is C19H20N2O4S. The minimum absolute atomic E-state index is 0.0451. The summed E-state index contributed by atoms with van der Waals surface area (Å²) in [5.74, 6) is -1.22. The van der Waals surface area contributed by atoms with Crippen molar-refractivity contribution in [1.29, 1.82) is 0 Å². The van der Waals surface area contributed by atoms with Crippen LogP contribution in [0.25, 0.3) is 10.9 Å². The molecule has 0 spiro atoms. The van der Waals surface area contributed by atoms with Crippen molar-refractivity contribution >= 4 is 26.9 Å². The van der Waals surface area contributed by atoms with E-state index in [4.69, 9.17) is 0 Å². The average Bonchev–Trinajstić information content (AvgIpc) is 2.99.